The van der Waals surface area contributed by atoms with Gasteiger partial charge in [0.2, 0.25) is 0 Å². The predicted molar refractivity (Wildman–Crippen MR) is 62.3 cm³/mol. The van der Waals surface area contributed by atoms with E-state index >= 15 is 0 Å². The molecule has 4 heteroatoms. The summed E-state index contributed by atoms with van der Waals surface area (Å²) in [4.78, 5) is 16.4. The zero-order valence-electron chi connectivity index (χ0n) is 9.10. The molecule has 1 heterocycles. The highest BCUT2D eigenvalue weighted by molar-refractivity contribution is 5.97. The number of amides is 1. The predicted octanol–water partition coefficient (Wildman–Crippen LogP) is 1.23. The second-order valence-electron chi connectivity index (χ2n) is 3.72. The van der Waals surface area contributed by atoms with Crippen LogP contribution in [0.3, 0.4) is 0 Å². The summed E-state index contributed by atoms with van der Waals surface area (Å²) in [6.07, 6.45) is 0. The maximum Gasteiger partial charge on any atom is 0.270 e. The number of hydrogen-bond donors (Lipinski definition) is 2. The Morgan fingerprint density at radius 3 is 2.88 bits per heavy atom. The van der Waals surface area contributed by atoms with E-state index in [0.29, 0.717) is 12.2 Å². The van der Waals surface area contributed by atoms with Crippen LogP contribution >= 0.6 is 0 Å². The number of carbonyl (C=O) groups is 1. The van der Waals surface area contributed by atoms with E-state index in [9.17, 15) is 4.79 Å². The van der Waals surface area contributed by atoms with Gasteiger partial charge in [-0.1, -0.05) is 18.2 Å². The molecule has 0 aliphatic rings. The minimum absolute atomic E-state index is 0.0253. The summed E-state index contributed by atoms with van der Waals surface area (Å²) in [5.41, 5.74) is 1.50. The summed E-state index contributed by atoms with van der Waals surface area (Å²) >= 11 is 0. The minimum Gasteiger partial charge on any atom is -0.395 e. The first kappa shape index (κ1) is 10.7. The average molecular weight is 218 g/mol. The molecule has 0 saturated carbocycles. The summed E-state index contributed by atoms with van der Waals surface area (Å²) < 4.78 is 0. The lowest BCUT2D eigenvalue weighted by Gasteiger charge is -2.13. The Morgan fingerprint density at radius 2 is 2.19 bits per heavy atom. The van der Waals surface area contributed by atoms with Crippen molar-refractivity contribution in [2.45, 2.75) is 0 Å². The first-order chi connectivity index (χ1) is 7.72. The zero-order valence-corrected chi connectivity index (χ0v) is 9.10. The van der Waals surface area contributed by atoms with Crippen LogP contribution in [0.5, 0.6) is 0 Å². The molecule has 2 aromatic rings. The molecule has 1 aromatic heterocycles. The molecular formula is C12H14N2O2. The number of hydrogen-bond acceptors (Lipinski definition) is 2. The first-order valence-corrected chi connectivity index (χ1v) is 5.16. The van der Waals surface area contributed by atoms with Gasteiger partial charge in [0.1, 0.15) is 5.69 Å². The topological polar surface area (TPSA) is 56.3 Å². The second-order valence-corrected chi connectivity index (χ2v) is 3.72. The highest BCUT2D eigenvalue weighted by Crippen LogP contribution is 2.15. The number of rotatable bonds is 3. The van der Waals surface area contributed by atoms with Crippen molar-refractivity contribution in [3.8, 4) is 0 Å². The van der Waals surface area contributed by atoms with Gasteiger partial charge in [-0.25, -0.2) is 0 Å². The van der Waals surface area contributed by atoms with Crippen molar-refractivity contribution in [1.29, 1.82) is 0 Å². The zero-order chi connectivity index (χ0) is 11.5. The molecule has 0 aliphatic heterocycles. The van der Waals surface area contributed by atoms with E-state index in [0.717, 1.165) is 10.9 Å². The van der Waals surface area contributed by atoms with E-state index in [1.165, 1.54) is 4.90 Å². The van der Waals surface area contributed by atoms with Crippen LogP contribution in [0, 0.1) is 0 Å². The quantitative estimate of drug-likeness (QED) is 0.814. The Morgan fingerprint density at radius 1 is 1.44 bits per heavy atom. The van der Waals surface area contributed by atoms with Crippen molar-refractivity contribution in [1.82, 2.24) is 9.88 Å². The highest BCUT2D eigenvalue weighted by atomic mass is 16.3. The number of aliphatic hydroxyl groups is 1. The molecular weight excluding hydrogens is 204 g/mol. The number of aromatic amines is 1. The van der Waals surface area contributed by atoms with Crippen LogP contribution in [0.25, 0.3) is 10.9 Å². The SMILES string of the molecule is CN(CCO)C(=O)c1cc2ccccc2[nH]1. The number of nitrogens with one attached hydrogen (secondary N) is 1. The third kappa shape index (κ3) is 1.92. The van der Waals surface area contributed by atoms with Gasteiger partial charge in [0.05, 0.1) is 6.61 Å². The van der Waals surface area contributed by atoms with E-state index in [1.807, 2.05) is 30.3 Å². The number of carbonyl (C=O) groups excluding carboxylic acids is 1. The molecule has 0 saturated heterocycles. The molecule has 0 radical (unpaired) electrons. The number of benzene rings is 1. The number of aromatic nitrogens is 1. The number of H-pyrrole nitrogens is 1. The normalized spacial score (nSPS) is 10.6. The standard InChI is InChI=1S/C12H14N2O2/c1-14(6-7-15)12(16)11-8-9-4-2-3-5-10(9)13-11/h2-5,8,13,15H,6-7H2,1H3. The molecule has 0 atom stereocenters. The summed E-state index contributed by atoms with van der Waals surface area (Å²) in [5.74, 6) is -0.106. The van der Waals surface area contributed by atoms with Crippen LogP contribution in [0.1, 0.15) is 10.5 Å². The summed E-state index contributed by atoms with van der Waals surface area (Å²) in [7, 11) is 1.67. The number of fused-ring (bicyclic) bond motifs is 1. The average Bonchev–Trinajstić information content (AvgIpc) is 2.71. The maximum atomic E-state index is 11.9. The van der Waals surface area contributed by atoms with Crippen molar-refractivity contribution < 1.29 is 9.90 Å². The number of nitrogens with zero attached hydrogens (tertiary/aromatic N) is 1. The largest absolute Gasteiger partial charge is 0.395 e. The molecule has 0 unspecified atom stereocenters. The molecule has 0 fully saturated rings. The van der Waals surface area contributed by atoms with Gasteiger partial charge < -0.3 is 15.0 Å². The van der Waals surface area contributed by atoms with Gasteiger partial charge in [-0.2, -0.15) is 0 Å². The fourth-order valence-electron chi connectivity index (χ4n) is 1.65. The van der Waals surface area contributed by atoms with E-state index in [4.69, 9.17) is 5.11 Å². The monoisotopic (exact) mass is 218 g/mol. The van der Waals surface area contributed by atoms with E-state index in [-0.39, 0.29) is 12.5 Å². The minimum atomic E-state index is -0.106. The Labute approximate surface area is 93.5 Å². The molecule has 4 nitrogen and oxygen atoms in total. The summed E-state index contributed by atoms with van der Waals surface area (Å²) in [6, 6.07) is 9.56. The smallest absolute Gasteiger partial charge is 0.270 e. The van der Waals surface area contributed by atoms with Gasteiger partial charge in [0, 0.05) is 24.5 Å². The lowest BCUT2D eigenvalue weighted by Crippen LogP contribution is -2.29. The van der Waals surface area contributed by atoms with Crippen molar-refractivity contribution in [3.63, 3.8) is 0 Å². The van der Waals surface area contributed by atoms with Crippen LogP contribution in [0.4, 0.5) is 0 Å². The van der Waals surface area contributed by atoms with Crippen LogP contribution in [0.15, 0.2) is 30.3 Å². The molecule has 16 heavy (non-hydrogen) atoms. The van der Waals surface area contributed by atoms with Crippen LogP contribution < -0.4 is 0 Å². The third-order valence-corrected chi connectivity index (χ3v) is 2.54. The molecule has 0 spiro atoms. The Bertz CT molecular complexity index is 471. The molecule has 2 N–H and O–H groups in total. The molecule has 0 bridgehead atoms. The van der Waals surface area contributed by atoms with E-state index in [1.54, 1.807) is 7.05 Å². The fourth-order valence-corrected chi connectivity index (χ4v) is 1.65. The third-order valence-electron chi connectivity index (χ3n) is 2.54. The molecule has 2 rings (SSSR count). The lowest BCUT2D eigenvalue weighted by atomic mass is 10.2. The molecule has 84 valence electrons. The van der Waals surface area contributed by atoms with Crippen LogP contribution in [-0.2, 0) is 0 Å². The van der Waals surface area contributed by atoms with E-state index in [2.05, 4.69) is 4.98 Å². The second kappa shape index (κ2) is 4.37. The van der Waals surface area contributed by atoms with Crippen molar-refractivity contribution in [2.24, 2.45) is 0 Å². The van der Waals surface area contributed by atoms with Gasteiger partial charge in [0.25, 0.3) is 5.91 Å². The van der Waals surface area contributed by atoms with Gasteiger partial charge in [-0.15, -0.1) is 0 Å². The molecule has 1 amide bonds. The van der Waals surface area contributed by atoms with E-state index < -0.39 is 0 Å². The number of para-hydroxylation sites is 1. The number of aliphatic hydroxyl groups excluding tert-OH is 1. The summed E-state index contributed by atoms with van der Waals surface area (Å²) in [5, 5.41) is 9.79. The highest BCUT2D eigenvalue weighted by Gasteiger charge is 2.13. The van der Waals surface area contributed by atoms with Crippen LogP contribution in [0.2, 0.25) is 0 Å². The Balaban J connectivity index is 2.29. The lowest BCUT2D eigenvalue weighted by molar-refractivity contribution is 0.0762. The van der Waals surface area contributed by atoms with Crippen LogP contribution in [-0.4, -0.2) is 41.1 Å². The van der Waals surface area contributed by atoms with Gasteiger partial charge in [-0.05, 0) is 12.1 Å². The van der Waals surface area contributed by atoms with Crippen molar-refractivity contribution >= 4 is 16.8 Å². The van der Waals surface area contributed by atoms with Gasteiger partial charge >= 0.3 is 0 Å². The van der Waals surface area contributed by atoms with Crippen molar-refractivity contribution in [3.05, 3.63) is 36.0 Å². The summed E-state index contributed by atoms with van der Waals surface area (Å²) in [6.45, 7) is 0.316. The molecule has 1 aromatic carbocycles. The number of likely N-dealkylation sites (N-methyl/N-ethyl adjacent to an activating group) is 1. The first-order valence-electron chi connectivity index (χ1n) is 5.16. The fraction of sp³-hybridized carbons (Fsp3) is 0.250. The molecule has 0 aliphatic carbocycles. The Hall–Kier alpha value is -1.81. The van der Waals surface area contributed by atoms with Gasteiger partial charge in [0.15, 0.2) is 0 Å². The Kier molecular flexibility index (Phi) is 2.92. The maximum absolute atomic E-state index is 11.9. The van der Waals surface area contributed by atoms with Crippen molar-refractivity contribution in [2.75, 3.05) is 20.2 Å². The van der Waals surface area contributed by atoms with Gasteiger partial charge in [-0.3, -0.25) is 4.79 Å².